The largest absolute Gasteiger partial charge is 0.387 e. The summed E-state index contributed by atoms with van der Waals surface area (Å²) in [4.78, 5) is 0. The Morgan fingerprint density at radius 1 is 1.14 bits per heavy atom. The van der Waals surface area contributed by atoms with Gasteiger partial charge in [-0.2, -0.15) is 0 Å². The van der Waals surface area contributed by atoms with Crippen molar-refractivity contribution in [3.63, 3.8) is 0 Å². The standard InChI is InChI=1S/C18H34O3/c1-4-5-6-7-8-9-10-11-12-13-16-17(19)18(20-3)15(2)14-21-16/h12-13,15-19H,4-11,14H2,1-3H3/b13-12+/t15-,16-,17-,18-/m0/s1. The Labute approximate surface area is 130 Å². The van der Waals surface area contributed by atoms with Crippen molar-refractivity contribution in [2.45, 2.75) is 83.5 Å². The average Bonchev–Trinajstić information content (AvgIpc) is 2.48. The van der Waals surface area contributed by atoms with Gasteiger partial charge in [-0.3, -0.25) is 0 Å². The molecule has 0 aromatic heterocycles. The van der Waals surface area contributed by atoms with Crippen LogP contribution in [0, 0.1) is 5.92 Å². The topological polar surface area (TPSA) is 38.7 Å². The second kappa shape index (κ2) is 11.2. The lowest BCUT2D eigenvalue weighted by Gasteiger charge is -2.36. The SMILES string of the molecule is CCCCCCCCC/C=C/[C@@H]1OC[C@H](C)[C@H](OC)[C@H]1O. The molecule has 4 atom stereocenters. The minimum Gasteiger partial charge on any atom is -0.387 e. The van der Waals surface area contributed by atoms with Crippen LogP contribution in [0.25, 0.3) is 0 Å². The Balaban J connectivity index is 2.12. The van der Waals surface area contributed by atoms with Crippen molar-refractivity contribution in [3.8, 4) is 0 Å². The third-order valence-electron chi connectivity index (χ3n) is 4.36. The molecule has 3 heteroatoms. The molecule has 3 nitrogen and oxygen atoms in total. The van der Waals surface area contributed by atoms with E-state index in [-0.39, 0.29) is 18.1 Å². The molecule has 0 aromatic carbocycles. The number of methoxy groups -OCH3 is 1. The van der Waals surface area contributed by atoms with E-state index in [4.69, 9.17) is 9.47 Å². The number of unbranched alkanes of at least 4 members (excludes halogenated alkanes) is 7. The van der Waals surface area contributed by atoms with E-state index in [1.807, 2.05) is 6.08 Å². The molecule has 0 aromatic rings. The number of allylic oxidation sites excluding steroid dienone is 1. The Morgan fingerprint density at radius 2 is 1.81 bits per heavy atom. The van der Waals surface area contributed by atoms with Gasteiger partial charge in [-0.25, -0.2) is 0 Å². The van der Waals surface area contributed by atoms with Crippen LogP contribution in [0.1, 0.15) is 65.2 Å². The van der Waals surface area contributed by atoms with Crippen LogP contribution >= 0.6 is 0 Å². The molecule has 124 valence electrons. The van der Waals surface area contributed by atoms with Crippen molar-refractivity contribution in [1.82, 2.24) is 0 Å². The van der Waals surface area contributed by atoms with E-state index >= 15 is 0 Å². The van der Waals surface area contributed by atoms with E-state index in [2.05, 4.69) is 19.9 Å². The van der Waals surface area contributed by atoms with E-state index < -0.39 is 6.10 Å². The first-order chi connectivity index (χ1) is 10.2. The van der Waals surface area contributed by atoms with Gasteiger partial charge in [0.1, 0.15) is 12.2 Å². The molecule has 1 fully saturated rings. The van der Waals surface area contributed by atoms with E-state index in [0.717, 1.165) is 6.42 Å². The molecule has 0 amide bonds. The first kappa shape index (κ1) is 18.7. The number of hydrogen-bond acceptors (Lipinski definition) is 3. The van der Waals surface area contributed by atoms with Crippen LogP contribution in [0.3, 0.4) is 0 Å². The van der Waals surface area contributed by atoms with Gasteiger partial charge in [0.2, 0.25) is 0 Å². The molecule has 1 saturated heterocycles. The molecule has 0 aliphatic carbocycles. The normalized spacial score (nSPS) is 30.1. The molecule has 0 radical (unpaired) electrons. The second-order valence-corrected chi connectivity index (χ2v) is 6.30. The minimum atomic E-state index is -0.552. The highest BCUT2D eigenvalue weighted by atomic mass is 16.5. The zero-order valence-corrected chi connectivity index (χ0v) is 14.1. The number of ether oxygens (including phenoxy) is 2. The number of aliphatic hydroxyl groups excluding tert-OH is 1. The Kier molecular flexibility index (Phi) is 9.98. The van der Waals surface area contributed by atoms with Crippen molar-refractivity contribution < 1.29 is 14.6 Å². The van der Waals surface area contributed by atoms with Gasteiger partial charge in [0, 0.05) is 13.0 Å². The number of rotatable bonds is 10. The van der Waals surface area contributed by atoms with E-state index in [1.54, 1.807) is 7.11 Å². The van der Waals surface area contributed by atoms with Crippen LogP contribution in [-0.2, 0) is 9.47 Å². The highest BCUT2D eigenvalue weighted by Crippen LogP contribution is 2.23. The molecule has 0 spiro atoms. The Hall–Kier alpha value is -0.380. The van der Waals surface area contributed by atoms with Crippen molar-refractivity contribution in [2.75, 3.05) is 13.7 Å². The smallest absolute Gasteiger partial charge is 0.110 e. The van der Waals surface area contributed by atoms with Crippen molar-refractivity contribution >= 4 is 0 Å². The molecule has 0 saturated carbocycles. The van der Waals surface area contributed by atoms with Gasteiger partial charge in [0.25, 0.3) is 0 Å². The summed E-state index contributed by atoms with van der Waals surface area (Å²) in [7, 11) is 1.66. The fraction of sp³-hybridized carbons (Fsp3) is 0.889. The van der Waals surface area contributed by atoms with Gasteiger partial charge >= 0.3 is 0 Å². The van der Waals surface area contributed by atoms with Crippen LogP contribution in [0.4, 0.5) is 0 Å². The summed E-state index contributed by atoms with van der Waals surface area (Å²) < 4.78 is 11.1. The maximum atomic E-state index is 10.2. The van der Waals surface area contributed by atoms with Gasteiger partial charge in [-0.05, 0) is 12.8 Å². The summed E-state index contributed by atoms with van der Waals surface area (Å²) in [5.41, 5.74) is 0. The quantitative estimate of drug-likeness (QED) is 0.487. The van der Waals surface area contributed by atoms with Gasteiger partial charge in [0.05, 0.1) is 12.7 Å². The minimum absolute atomic E-state index is 0.119. The van der Waals surface area contributed by atoms with E-state index in [1.165, 1.54) is 44.9 Å². The molecular weight excluding hydrogens is 264 g/mol. The maximum absolute atomic E-state index is 10.2. The molecule has 1 aliphatic rings. The van der Waals surface area contributed by atoms with Crippen LogP contribution in [0.5, 0.6) is 0 Å². The lowest BCUT2D eigenvalue weighted by molar-refractivity contribution is -0.155. The molecular formula is C18H34O3. The first-order valence-corrected chi connectivity index (χ1v) is 8.69. The van der Waals surface area contributed by atoms with E-state index in [9.17, 15) is 5.11 Å². The van der Waals surface area contributed by atoms with Gasteiger partial charge < -0.3 is 14.6 Å². The summed E-state index contributed by atoms with van der Waals surface area (Å²) in [6.07, 6.45) is 13.7. The summed E-state index contributed by atoms with van der Waals surface area (Å²) in [6, 6.07) is 0. The predicted octanol–water partition coefficient (Wildman–Crippen LogP) is 4.09. The third-order valence-corrected chi connectivity index (χ3v) is 4.36. The molecule has 1 heterocycles. The highest BCUT2D eigenvalue weighted by molar-refractivity contribution is 4.99. The monoisotopic (exact) mass is 298 g/mol. The van der Waals surface area contributed by atoms with Gasteiger partial charge in [0.15, 0.2) is 0 Å². The average molecular weight is 298 g/mol. The molecule has 0 unspecified atom stereocenters. The van der Waals surface area contributed by atoms with Crippen molar-refractivity contribution in [3.05, 3.63) is 12.2 Å². The molecule has 1 N–H and O–H groups in total. The molecule has 1 rings (SSSR count). The maximum Gasteiger partial charge on any atom is 0.110 e. The molecule has 0 bridgehead atoms. The van der Waals surface area contributed by atoms with Crippen LogP contribution < -0.4 is 0 Å². The van der Waals surface area contributed by atoms with Crippen LogP contribution in [0.2, 0.25) is 0 Å². The molecule has 21 heavy (non-hydrogen) atoms. The van der Waals surface area contributed by atoms with Crippen LogP contribution in [-0.4, -0.2) is 37.1 Å². The van der Waals surface area contributed by atoms with Gasteiger partial charge in [-0.15, -0.1) is 0 Å². The zero-order valence-electron chi connectivity index (χ0n) is 14.1. The van der Waals surface area contributed by atoms with Crippen molar-refractivity contribution in [1.29, 1.82) is 0 Å². The zero-order chi connectivity index (χ0) is 15.5. The fourth-order valence-corrected chi connectivity index (χ4v) is 2.97. The number of hydrogen-bond donors (Lipinski definition) is 1. The summed E-state index contributed by atoms with van der Waals surface area (Å²) in [6.45, 7) is 4.96. The Bertz CT molecular complexity index is 278. The van der Waals surface area contributed by atoms with Gasteiger partial charge in [-0.1, -0.05) is 64.5 Å². The lowest BCUT2D eigenvalue weighted by atomic mass is 9.93. The Morgan fingerprint density at radius 3 is 2.48 bits per heavy atom. The molecule has 1 aliphatic heterocycles. The predicted molar refractivity (Wildman–Crippen MR) is 87.5 cm³/mol. The number of aliphatic hydroxyl groups is 1. The highest BCUT2D eigenvalue weighted by Gasteiger charge is 2.35. The summed E-state index contributed by atoms with van der Waals surface area (Å²) in [5.74, 6) is 0.248. The summed E-state index contributed by atoms with van der Waals surface area (Å²) >= 11 is 0. The van der Waals surface area contributed by atoms with Crippen molar-refractivity contribution in [2.24, 2.45) is 5.92 Å². The first-order valence-electron chi connectivity index (χ1n) is 8.69. The van der Waals surface area contributed by atoms with Crippen LogP contribution in [0.15, 0.2) is 12.2 Å². The van der Waals surface area contributed by atoms with E-state index in [0.29, 0.717) is 6.61 Å². The third kappa shape index (κ3) is 6.94. The summed E-state index contributed by atoms with van der Waals surface area (Å²) in [5, 5.41) is 10.2. The lowest BCUT2D eigenvalue weighted by Crippen LogP contribution is -2.49. The second-order valence-electron chi connectivity index (χ2n) is 6.30. The fourth-order valence-electron chi connectivity index (χ4n) is 2.97.